The highest BCUT2D eigenvalue weighted by Crippen LogP contribution is 2.40. The Hall–Kier alpha value is -2.87. The van der Waals surface area contributed by atoms with Gasteiger partial charge in [0.2, 0.25) is 0 Å². The van der Waals surface area contributed by atoms with Gasteiger partial charge in [0, 0.05) is 36.8 Å². The summed E-state index contributed by atoms with van der Waals surface area (Å²) in [6.07, 6.45) is 0.698. The van der Waals surface area contributed by atoms with Crippen molar-refractivity contribution in [2.45, 2.75) is 12.5 Å². The van der Waals surface area contributed by atoms with Gasteiger partial charge in [-0.3, -0.25) is 14.5 Å². The van der Waals surface area contributed by atoms with Crippen LogP contribution < -0.4 is 4.74 Å². The molecule has 0 spiro atoms. The number of carbonyl (C=O) groups excluding carboxylic acids is 2. The molecule has 2 saturated heterocycles. The van der Waals surface area contributed by atoms with Crippen molar-refractivity contribution in [3.63, 3.8) is 0 Å². The van der Waals surface area contributed by atoms with Crippen LogP contribution in [0.4, 0.5) is 0 Å². The van der Waals surface area contributed by atoms with Gasteiger partial charge in [0.1, 0.15) is 11.5 Å². The van der Waals surface area contributed by atoms with E-state index in [0.717, 1.165) is 19.6 Å². The van der Waals surface area contributed by atoms with Crippen LogP contribution in [0.1, 0.15) is 23.6 Å². The van der Waals surface area contributed by atoms with Gasteiger partial charge in [0.25, 0.3) is 11.7 Å². The number of hydrogen-bond donors (Lipinski definition) is 1. The molecular weight excluding hydrogens is 444 g/mol. The number of rotatable bonds is 7. The topological polar surface area (TPSA) is 79.3 Å². The van der Waals surface area contributed by atoms with Gasteiger partial charge in [-0.2, -0.15) is 0 Å². The molecule has 2 fully saturated rings. The van der Waals surface area contributed by atoms with E-state index in [9.17, 15) is 14.7 Å². The van der Waals surface area contributed by atoms with Gasteiger partial charge >= 0.3 is 0 Å². The molecule has 33 heavy (non-hydrogen) atoms. The maximum absolute atomic E-state index is 13.1. The molecule has 2 aliphatic heterocycles. The Morgan fingerprint density at radius 1 is 1.12 bits per heavy atom. The fourth-order valence-corrected chi connectivity index (χ4v) is 4.55. The number of carbonyl (C=O) groups is 2. The highest BCUT2D eigenvalue weighted by Gasteiger charge is 2.45. The minimum atomic E-state index is -0.723. The van der Waals surface area contributed by atoms with E-state index in [0.29, 0.717) is 48.1 Å². The van der Waals surface area contributed by atoms with Crippen molar-refractivity contribution in [3.8, 4) is 5.75 Å². The molecule has 1 amide bonds. The molecule has 174 valence electrons. The van der Waals surface area contributed by atoms with Crippen LogP contribution in [-0.4, -0.2) is 73.1 Å². The second-order valence-corrected chi connectivity index (χ2v) is 8.52. The zero-order valence-electron chi connectivity index (χ0n) is 18.5. The van der Waals surface area contributed by atoms with Crippen LogP contribution in [0.2, 0.25) is 5.02 Å². The Morgan fingerprint density at radius 3 is 2.61 bits per heavy atom. The maximum Gasteiger partial charge on any atom is 0.295 e. The highest BCUT2D eigenvalue weighted by atomic mass is 35.5. The molecule has 2 aliphatic rings. The molecule has 1 unspecified atom stereocenters. The Balaban J connectivity index is 1.68. The van der Waals surface area contributed by atoms with E-state index < -0.39 is 17.7 Å². The van der Waals surface area contributed by atoms with E-state index in [2.05, 4.69) is 4.90 Å². The number of ketones is 1. The van der Waals surface area contributed by atoms with E-state index in [1.807, 2.05) is 6.07 Å². The Bertz CT molecular complexity index is 1060. The second kappa shape index (κ2) is 10.4. The lowest BCUT2D eigenvalue weighted by atomic mass is 9.95. The van der Waals surface area contributed by atoms with Crippen molar-refractivity contribution in [3.05, 3.63) is 70.3 Å². The largest absolute Gasteiger partial charge is 0.507 e. The number of aliphatic hydroxyl groups is 1. The fraction of sp³-hybridized carbons (Fsp3) is 0.360. The van der Waals surface area contributed by atoms with Crippen molar-refractivity contribution in [1.29, 1.82) is 0 Å². The Kier molecular flexibility index (Phi) is 7.33. The zero-order chi connectivity index (χ0) is 23.4. The molecule has 1 atom stereocenters. The summed E-state index contributed by atoms with van der Waals surface area (Å²) in [7, 11) is 1.53. The van der Waals surface area contributed by atoms with Crippen LogP contribution in [0, 0.1) is 0 Å². The summed E-state index contributed by atoms with van der Waals surface area (Å²) in [6, 6.07) is 13.1. The van der Waals surface area contributed by atoms with Crippen LogP contribution in [0.25, 0.3) is 5.76 Å². The summed E-state index contributed by atoms with van der Waals surface area (Å²) in [4.78, 5) is 30.0. The number of likely N-dealkylation sites (tertiary alicyclic amines) is 1. The lowest BCUT2D eigenvalue weighted by Crippen LogP contribution is -2.38. The maximum atomic E-state index is 13.1. The van der Waals surface area contributed by atoms with E-state index >= 15 is 0 Å². The minimum Gasteiger partial charge on any atom is -0.507 e. The van der Waals surface area contributed by atoms with Gasteiger partial charge in [-0.1, -0.05) is 35.9 Å². The average molecular weight is 471 g/mol. The van der Waals surface area contributed by atoms with E-state index in [1.54, 1.807) is 47.4 Å². The van der Waals surface area contributed by atoms with Crippen LogP contribution in [0.15, 0.2) is 54.1 Å². The molecule has 8 heteroatoms. The van der Waals surface area contributed by atoms with Crippen LogP contribution in [-0.2, 0) is 14.3 Å². The van der Waals surface area contributed by atoms with Gasteiger partial charge in [-0.05, 0) is 36.2 Å². The number of morpholine rings is 1. The van der Waals surface area contributed by atoms with Crippen molar-refractivity contribution in [2.75, 3.05) is 46.5 Å². The van der Waals surface area contributed by atoms with Gasteiger partial charge in [0.05, 0.1) is 31.9 Å². The average Bonchev–Trinajstić information content (AvgIpc) is 3.09. The minimum absolute atomic E-state index is 0.0573. The number of aliphatic hydroxyl groups excluding tert-OH is 1. The first-order valence-corrected chi connectivity index (χ1v) is 11.4. The number of nitrogens with zero attached hydrogens (tertiary/aromatic N) is 2. The summed E-state index contributed by atoms with van der Waals surface area (Å²) in [6.45, 7) is 4.29. The van der Waals surface area contributed by atoms with Crippen LogP contribution >= 0.6 is 11.6 Å². The predicted molar refractivity (Wildman–Crippen MR) is 125 cm³/mol. The Labute approximate surface area is 198 Å². The van der Waals surface area contributed by atoms with Gasteiger partial charge in [-0.15, -0.1) is 0 Å². The fourth-order valence-electron chi connectivity index (χ4n) is 4.35. The lowest BCUT2D eigenvalue weighted by Gasteiger charge is -2.29. The molecular formula is C25H27ClN2O5. The standard InChI is InChI=1S/C25H27ClN2O5/c1-32-20-8-3-6-18(16-20)23(29)21-22(17-5-2-7-19(26)15-17)28(25(31)24(21)30)10-4-9-27-11-13-33-14-12-27/h2-3,5-8,15-16,22,29H,4,9-14H2,1H3/b23-21-. The number of Topliss-reactive ketones (excluding diaryl/α,β-unsaturated/α-hetero) is 1. The monoisotopic (exact) mass is 470 g/mol. The molecule has 7 nitrogen and oxygen atoms in total. The summed E-state index contributed by atoms with van der Waals surface area (Å²) in [5.74, 6) is -1.01. The Morgan fingerprint density at radius 2 is 1.88 bits per heavy atom. The number of methoxy groups -OCH3 is 1. The molecule has 0 bridgehead atoms. The van der Waals surface area contributed by atoms with Gasteiger partial charge in [0.15, 0.2) is 0 Å². The zero-order valence-corrected chi connectivity index (χ0v) is 19.3. The van der Waals surface area contributed by atoms with Crippen LogP contribution in [0.5, 0.6) is 5.75 Å². The van der Waals surface area contributed by atoms with Crippen molar-refractivity contribution >= 4 is 29.1 Å². The van der Waals surface area contributed by atoms with E-state index in [1.165, 1.54) is 7.11 Å². The first-order valence-electron chi connectivity index (χ1n) is 11.0. The number of amides is 1. The molecule has 0 aliphatic carbocycles. The second-order valence-electron chi connectivity index (χ2n) is 8.09. The smallest absolute Gasteiger partial charge is 0.295 e. The number of halogens is 1. The first kappa shape index (κ1) is 23.3. The normalized spacial score (nSPS) is 20.9. The molecule has 2 aromatic carbocycles. The number of ether oxygens (including phenoxy) is 2. The third-order valence-corrected chi connectivity index (χ3v) is 6.26. The van der Waals surface area contributed by atoms with Crippen molar-refractivity contribution < 1.29 is 24.2 Å². The summed E-state index contributed by atoms with van der Waals surface area (Å²) < 4.78 is 10.6. The number of hydrogen-bond acceptors (Lipinski definition) is 6. The van der Waals surface area contributed by atoms with Gasteiger partial charge < -0.3 is 19.5 Å². The SMILES string of the molecule is COc1cccc(/C(O)=C2/C(=O)C(=O)N(CCCN3CCOCC3)C2c2cccc(Cl)c2)c1. The highest BCUT2D eigenvalue weighted by molar-refractivity contribution is 6.46. The quantitative estimate of drug-likeness (QED) is 0.379. The molecule has 1 N–H and O–H groups in total. The van der Waals surface area contributed by atoms with Crippen molar-refractivity contribution in [2.24, 2.45) is 0 Å². The summed E-state index contributed by atoms with van der Waals surface area (Å²) >= 11 is 6.23. The molecule has 4 rings (SSSR count). The predicted octanol–water partition coefficient (Wildman–Crippen LogP) is 3.49. The van der Waals surface area contributed by atoms with Gasteiger partial charge in [-0.25, -0.2) is 0 Å². The van der Waals surface area contributed by atoms with Crippen molar-refractivity contribution in [1.82, 2.24) is 9.80 Å². The molecule has 2 heterocycles. The van der Waals surface area contributed by atoms with E-state index in [4.69, 9.17) is 21.1 Å². The molecule has 0 radical (unpaired) electrons. The molecule has 2 aromatic rings. The molecule has 0 aromatic heterocycles. The number of benzene rings is 2. The first-order chi connectivity index (χ1) is 16.0. The lowest BCUT2D eigenvalue weighted by molar-refractivity contribution is -0.140. The van der Waals surface area contributed by atoms with Crippen LogP contribution in [0.3, 0.4) is 0 Å². The third-order valence-electron chi connectivity index (χ3n) is 6.02. The summed E-state index contributed by atoms with van der Waals surface area (Å²) in [5.41, 5.74) is 1.15. The summed E-state index contributed by atoms with van der Waals surface area (Å²) in [5, 5.41) is 11.6. The van der Waals surface area contributed by atoms with E-state index in [-0.39, 0.29) is 11.3 Å². The third kappa shape index (κ3) is 5.05. The molecule has 0 saturated carbocycles.